The van der Waals surface area contributed by atoms with E-state index in [9.17, 15) is 0 Å². The van der Waals surface area contributed by atoms with Gasteiger partial charge in [-0.1, -0.05) is 84.1 Å². The van der Waals surface area contributed by atoms with E-state index in [0.29, 0.717) is 6.04 Å². The van der Waals surface area contributed by atoms with Crippen molar-refractivity contribution >= 4 is 0 Å². The van der Waals surface area contributed by atoms with Crippen LogP contribution >= 0.6 is 0 Å². The van der Waals surface area contributed by atoms with Crippen molar-refractivity contribution in [2.24, 2.45) is 0 Å². The Labute approximate surface area is 128 Å². The molecule has 0 aromatic carbocycles. The molecule has 20 heavy (non-hydrogen) atoms. The van der Waals surface area contributed by atoms with Crippen molar-refractivity contribution in [2.45, 2.75) is 103 Å². The third kappa shape index (κ3) is 14.1. The van der Waals surface area contributed by atoms with Gasteiger partial charge in [-0.2, -0.15) is 0 Å². The first-order valence-electron chi connectivity index (χ1n) is 9.19. The van der Waals surface area contributed by atoms with E-state index in [1.54, 1.807) is 0 Å². The molecular weight excluding hydrogens is 242 g/mol. The average Bonchev–Trinajstić information content (AvgIpc) is 2.46. The van der Waals surface area contributed by atoms with Crippen LogP contribution in [0.2, 0.25) is 0 Å². The van der Waals surface area contributed by atoms with Gasteiger partial charge in [-0.3, -0.25) is 0 Å². The summed E-state index contributed by atoms with van der Waals surface area (Å²) >= 11 is 0. The van der Waals surface area contributed by atoms with E-state index < -0.39 is 0 Å². The van der Waals surface area contributed by atoms with Crippen LogP contribution in [-0.2, 0) is 0 Å². The van der Waals surface area contributed by atoms with Gasteiger partial charge in [0, 0.05) is 6.04 Å². The lowest BCUT2D eigenvalue weighted by Crippen LogP contribution is -2.29. The largest absolute Gasteiger partial charge is 0.314 e. The molecule has 0 aromatic heterocycles. The molecule has 1 atom stereocenters. The van der Waals surface area contributed by atoms with Crippen molar-refractivity contribution in [1.82, 2.24) is 5.32 Å². The van der Waals surface area contributed by atoms with Gasteiger partial charge in [0.05, 0.1) is 0 Å². The molecule has 0 fully saturated rings. The maximum Gasteiger partial charge on any atom is 0.0101 e. The molecule has 120 valence electrons. The van der Waals surface area contributed by atoms with Crippen LogP contribution in [0, 0.1) is 0 Å². The van der Waals surface area contributed by atoms with Crippen LogP contribution in [0.5, 0.6) is 0 Å². The summed E-state index contributed by atoms with van der Waals surface area (Å²) in [5, 5.41) is 3.63. The van der Waals surface area contributed by atoms with Gasteiger partial charge in [0.15, 0.2) is 0 Å². The zero-order valence-electron chi connectivity index (χ0n) is 14.3. The van der Waals surface area contributed by atoms with E-state index in [2.05, 4.69) is 31.8 Å². The van der Waals surface area contributed by atoms with Gasteiger partial charge in [-0.15, -0.1) is 6.58 Å². The Bertz CT molecular complexity index is 188. The third-order valence-corrected chi connectivity index (χ3v) is 4.04. The number of nitrogens with one attached hydrogen (secondary N) is 1. The van der Waals surface area contributed by atoms with Crippen LogP contribution in [0.3, 0.4) is 0 Å². The summed E-state index contributed by atoms with van der Waals surface area (Å²) in [6, 6.07) is 0.668. The van der Waals surface area contributed by atoms with Crippen LogP contribution in [0.15, 0.2) is 12.7 Å². The number of hydrogen-bond donors (Lipinski definition) is 1. The normalized spacial score (nSPS) is 12.5. The molecule has 0 spiro atoms. The molecule has 1 N–H and O–H groups in total. The van der Waals surface area contributed by atoms with Gasteiger partial charge in [-0.05, 0) is 25.8 Å². The highest BCUT2D eigenvalue weighted by Gasteiger charge is 2.04. The Morgan fingerprint density at radius 1 is 0.800 bits per heavy atom. The second kappa shape index (κ2) is 16.8. The maximum absolute atomic E-state index is 3.87. The van der Waals surface area contributed by atoms with Crippen molar-refractivity contribution < 1.29 is 0 Å². The molecule has 0 aliphatic carbocycles. The van der Waals surface area contributed by atoms with Gasteiger partial charge < -0.3 is 5.32 Å². The maximum atomic E-state index is 3.87. The van der Waals surface area contributed by atoms with Gasteiger partial charge in [0.2, 0.25) is 0 Å². The summed E-state index contributed by atoms with van der Waals surface area (Å²) in [6.45, 7) is 9.54. The molecule has 0 saturated carbocycles. The molecule has 0 aliphatic rings. The molecule has 0 aliphatic heterocycles. The predicted molar refractivity (Wildman–Crippen MR) is 93.4 cm³/mol. The van der Waals surface area contributed by atoms with Crippen molar-refractivity contribution in [1.29, 1.82) is 0 Å². The monoisotopic (exact) mass is 281 g/mol. The Morgan fingerprint density at radius 3 is 1.85 bits per heavy atom. The van der Waals surface area contributed by atoms with Crippen molar-refractivity contribution in [3.8, 4) is 0 Å². The van der Waals surface area contributed by atoms with E-state index in [1.165, 1.54) is 77.0 Å². The summed E-state index contributed by atoms with van der Waals surface area (Å²) in [5.41, 5.74) is 0. The molecule has 0 rings (SSSR count). The summed E-state index contributed by atoms with van der Waals surface area (Å²) < 4.78 is 0. The molecule has 0 heterocycles. The highest BCUT2D eigenvalue weighted by molar-refractivity contribution is 4.77. The van der Waals surface area contributed by atoms with Crippen LogP contribution in [0.25, 0.3) is 0 Å². The highest BCUT2D eigenvalue weighted by atomic mass is 14.9. The van der Waals surface area contributed by atoms with Gasteiger partial charge in [-0.25, -0.2) is 0 Å². The number of rotatable bonds is 16. The minimum atomic E-state index is 0.668. The number of hydrogen-bond acceptors (Lipinski definition) is 1. The predicted octanol–water partition coefficient (Wildman–Crippen LogP) is 6.24. The van der Waals surface area contributed by atoms with Crippen LogP contribution in [0.1, 0.15) is 97.3 Å². The summed E-state index contributed by atoms with van der Waals surface area (Å²) in [4.78, 5) is 0. The fourth-order valence-electron chi connectivity index (χ4n) is 2.73. The second-order valence-electron chi connectivity index (χ2n) is 6.15. The van der Waals surface area contributed by atoms with Gasteiger partial charge in [0.25, 0.3) is 0 Å². The molecule has 0 amide bonds. The highest BCUT2D eigenvalue weighted by Crippen LogP contribution is 2.13. The zero-order chi connectivity index (χ0) is 14.9. The molecule has 0 bridgehead atoms. The fourth-order valence-corrected chi connectivity index (χ4v) is 2.73. The minimum Gasteiger partial charge on any atom is -0.314 e. The van der Waals surface area contributed by atoms with E-state index >= 15 is 0 Å². The second-order valence-corrected chi connectivity index (χ2v) is 6.15. The van der Waals surface area contributed by atoms with E-state index in [1.807, 2.05) is 0 Å². The molecule has 1 heteroatoms. The molecule has 0 radical (unpaired) electrons. The molecule has 1 unspecified atom stereocenters. The Hall–Kier alpha value is -0.300. The smallest absolute Gasteiger partial charge is 0.0101 e. The molecular formula is C19H39N. The fraction of sp³-hybridized carbons (Fsp3) is 0.895. The first kappa shape index (κ1) is 19.7. The van der Waals surface area contributed by atoms with Crippen molar-refractivity contribution in [2.75, 3.05) is 6.54 Å². The summed E-state index contributed by atoms with van der Waals surface area (Å²) in [7, 11) is 0. The van der Waals surface area contributed by atoms with E-state index in [0.717, 1.165) is 13.0 Å². The topological polar surface area (TPSA) is 12.0 Å². The summed E-state index contributed by atoms with van der Waals surface area (Å²) in [6.07, 6.45) is 20.0. The molecule has 0 saturated heterocycles. The zero-order valence-corrected chi connectivity index (χ0v) is 14.3. The van der Waals surface area contributed by atoms with Crippen LogP contribution < -0.4 is 5.32 Å². The van der Waals surface area contributed by atoms with Gasteiger partial charge in [0.1, 0.15) is 0 Å². The van der Waals surface area contributed by atoms with Crippen LogP contribution in [0.4, 0.5) is 0 Å². The Balaban J connectivity index is 3.29. The van der Waals surface area contributed by atoms with Crippen molar-refractivity contribution in [3.63, 3.8) is 0 Å². The quantitative estimate of drug-likeness (QED) is 0.261. The van der Waals surface area contributed by atoms with Gasteiger partial charge >= 0.3 is 0 Å². The lowest BCUT2D eigenvalue weighted by Gasteiger charge is -2.16. The standard InChI is InChI=1S/C19H39N/c1-4-7-8-9-10-11-12-13-14-15-17-19(16-5-2)20-18-6-3/h5,19-20H,2,4,6-18H2,1,3H3. The van der Waals surface area contributed by atoms with E-state index in [4.69, 9.17) is 0 Å². The molecule has 0 aromatic rings. The number of unbranched alkanes of at least 4 members (excludes halogenated alkanes) is 9. The first-order valence-corrected chi connectivity index (χ1v) is 9.19. The first-order chi connectivity index (χ1) is 9.85. The van der Waals surface area contributed by atoms with Crippen LogP contribution in [-0.4, -0.2) is 12.6 Å². The van der Waals surface area contributed by atoms with Crippen molar-refractivity contribution in [3.05, 3.63) is 12.7 Å². The Kier molecular flexibility index (Phi) is 16.5. The lowest BCUT2D eigenvalue weighted by molar-refractivity contribution is 0.454. The Morgan fingerprint density at radius 2 is 1.35 bits per heavy atom. The lowest BCUT2D eigenvalue weighted by atomic mass is 10.0. The summed E-state index contributed by atoms with van der Waals surface area (Å²) in [5.74, 6) is 0. The minimum absolute atomic E-state index is 0.668. The third-order valence-electron chi connectivity index (χ3n) is 4.04. The SMILES string of the molecule is C=CCC(CCCCCCCCCCCC)NCCC. The average molecular weight is 282 g/mol. The molecule has 1 nitrogen and oxygen atoms in total. The van der Waals surface area contributed by atoms with E-state index in [-0.39, 0.29) is 0 Å².